The standard InChI is InChI=1S/C47H80NO10P/c1-3-5-7-8-9-10-11-12-13-14-15-16-17-18-19-23-31-37-46(51)55-41-45(42-57-59(53,54)56-40-39-48)58-47(52)38-32-24-21-20-22-28-34-44(50)36-30-26-25-29-35-43(49)33-27-6-4-2/h6,12-13,21-22,24-30,35-36,43-45,49-50H,3-5,7-11,14-20,23,31-34,37-42,48H2,1-2H3,(H,53,54)/b13-12-,24-21-,26-25-,27-6-,28-22-,35-29+,36-30+/t43-,44+,45+/m0/s1. The summed E-state index contributed by atoms with van der Waals surface area (Å²) in [4.78, 5) is 34.9. The van der Waals surface area contributed by atoms with Crippen LogP contribution >= 0.6 is 7.82 Å². The molecule has 0 fully saturated rings. The van der Waals surface area contributed by atoms with E-state index >= 15 is 0 Å². The average molecular weight is 850 g/mol. The molecule has 0 aliphatic heterocycles. The summed E-state index contributed by atoms with van der Waals surface area (Å²) in [5.74, 6) is -1.01. The number of aliphatic hydroxyl groups excluding tert-OH is 2. The number of phosphoric ester groups is 1. The van der Waals surface area contributed by atoms with Crippen LogP contribution in [0.5, 0.6) is 0 Å². The van der Waals surface area contributed by atoms with Gasteiger partial charge in [-0.05, 0) is 64.2 Å². The van der Waals surface area contributed by atoms with Gasteiger partial charge in [0.25, 0.3) is 0 Å². The summed E-state index contributed by atoms with van der Waals surface area (Å²) in [6.07, 6.45) is 45.5. The summed E-state index contributed by atoms with van der Waals surface area (Å²) >= 11 is 0. The van der Waals surface area contributed by atoms with Gasteiger partial charge in [0.05, 0.1) is 25.4 Å². The van der Waals surface area contributed by atoms with Gasteiger partial charge in [-0.2, -0.15) is 0 Å². The van der Waals surface area contributed by atoms with Crippen molar-refractivity contribution in [3.63, 3.8) is 0 Å². The second-order valence-corrected chi connectivity index (χ2v) is 16.0. The summed E-state index contributed by atoms with van der Waals surface area (Å²) in [5, 5.41) is 20.0. The van der Waals surface area contributed by atoms with Crippen molar-refractivity contribution >= 4 is 19.8 Å². The van der Waals surface area contributed by atoms with E-state index in [2.05, 4.69) is 19.1 Å². The van der Waals surface area contributed by atoms with Crippen LogP contribution in [0, 0.1) is 0 Å². The zero-order chi connectivity index (χ0) is 43.5. The lowest BCUT2D eigenvalue weighted by Gasteiger charge is -2.19. The Balaban J connectivity index is 4.40. The Morgan fingerprint density at radius 3 is 1.75 bits per heavy atom. The highest BCUT2D eigenvalue weighted by Crippen LogP contribution is 2.43. The first-order chi connectivity index (χ1) is 28.6. The molecule has 5 N–H and O–H groups in total. The number of ether oxygens (including phenoxy) is 2. The van der Waals surface area contributed by atoms with E-state index in [9.17, 15) is 29.3 Å². The molecule has 0 bridgehead atoms. The lowest BCUT2D eigenvalue weighted by Crippen LogP contribution is -2.29. The van der Waals surface area contributed by atoms with Crippen LogP contribution in [0.2, 0.25) is 0 Å². The summed E-state index contributed by atoms with van der Waals surface area (Å²) < 4.78 is 32.6. The molecule has 11 nitrogen and oxygen atoms in total. The van der Waals surface area contributed by atoms with Gasteiger partial charge in [-0.1, -0.05) is 163 Å². The molecular formula is C47H80NO10P. The minimum Gasteiger partial charge on any atom is -0.462 e. The SMILES string of the molecule is CC/C=C\C[C@H](O)/C=C/C=C\C=C\[C@H](O)C/C=C\C/C=C\CCC(=O)O[C@H](COC(=O)CCCCCCCCC/C=C\CCCCCCCC)COP(=O)(O)OCCN. The van der Waals surface area contributed by atoms with E-state index in [-0.39, 0.29) is 32.6 Å². The molecule has 0 radical (unpaired) electrons. The van der Waals surface area contributed by atoms with Gasteiger partial charge in [0.1, 0.15) is 6.61 Å². The Kier molecular flexibility index (Phi) is 39.8. The Hall–Kier alpha value is -2.89. The molecule has 0 spiro atoms. The van der Waals surface area contributed by atoms with Crippen molar-refractivity contribution in [2.24, 2.45) is 5.73 Å². The molecule has 0 heterocycles. The van der Waals surface area contributed by atoms with Crippen molar-refractivity contribution in [3.05, 3.63) is 85.1 Å². The first-order valence-corrected chi connectivity index (χ1v) is 23.8. The number of hydrogen-bond donors (Lipinski definition) is 4. The fraction of sp³-hybridized carbons (Fsp3) is 0.660. The number of aliphatic hydroxyl groups is 2. The van der Waals surface area contributed by atoms with Gasteiger partial charge in [-0.3, -0.25) is 18.6 Å². The van der Waals surface area contributed by atoms with Crippen molar-refractivity contribution in [2.45, 2.75) is 173 Å². The van der Waals surface area contributed by atoms with Gasteiger partial charge < -0.3 is 30.3 Å². The van der Waals surface area contributed by atoms with Crippen LogP contribution in [-0.2, 0) is 32.7 Å². The number of nitrogens with two attached hydrogens (primary N) is 1. The molecule has 0 aromatic heterocycles. The van der Waals surface area contributed by atoms with Crippen LogP contribution < -0.4 is 5.73 Å². The topological polar surface area (TPSA) is 175 Å². The van der Waals surface area contributed by atoms with E-state index < -0.39 is 44.7 Å². The van der Waals surface area contributed by atoms with Gasteiger partial charge >= 0.3 is 19.8 Å². The molecule has 0 aliphatic rings. The zero-order valence-corrected chi connectivity index (χ0v) is 37.3. The van der Waals surface area contributed by atoms with Crippen molar-refractivity contribution in [2.75, 3.05) is 26.4 Å². The number of carbonyl (C=O) groups is 2. The van der Waals surface area contributed by atoms with Gasteiger partial charge in [0.15, 0.2) is 6.10 Å². The number of hydrogen-bond acceptors (Lipinski definition) is 10. The third kappa shape index (κ3) is 41.6. The molecule has 0 rings (SSSR count). The number of rotatable bonds is 40. The molecule has 12 heteroatoms. The maximum Gasteiger partial charge on any atom is 0.472 e. The van der Waals surface area contributed by atoms with Crippen LogP contribution in [0.4, 0.5) is 0 Å². The maximum absolute atomic E-state index is 12.6. The highest BCUT2D eigenvalue weighted by Gasteiger charge is 2.25. The Morgan fingerprint density at radius 1 is 0.610 bits per heavy atom. The predicted octanol–water partition coefficient (Wildman–Crippen LogP) is 10.8. The molecule has 0 saturated heterocycles. The highest BCUT2D eigenvalue weighted by molar-refractivity contribution is 7.47. The summed E-state index contributed by atoms with van der Waals surface area (Å²) in [6, 6.07) is 0. The van der Waals surface area contributed by atoms with E-state index in [1.54, 1.807) is 36.5 Å². The second kappa shape index (κ2) is 41.8. The minimum atomic E-state index is -4.43. The quantitative estimate of drug-likeness (QED) is 0.0152. The van der Waals surface area contributed by atoms with Gasteiger partial charge in [-0.15, -0.1) is 0 Å². The summed E-state index contributed by atoms with van der Waals surface area (Å²) in [5.41, 5.74) is 5.34. The van der Waals surface area contributed by atoms with Gasteiger partial charge in [0, 0.05) is 19.4 Å². The molecule has 1 unspecified atom stereocenters. The number of allylic oxidation sites excluding steroid dienone is 10. The number of phosphoric acid groups is 1. The van der Waals surface area contributed by atoms with Crippen LogP contribution in [0.1, 0.15) is 155 Å². The first kappa shape index (κ1) is 56.1. The highest BCUT2D eigenvalue weighted by atomic mass is 31.2. The number of esters is 2. The van der Waals surface area contributed by atoms with Crippen molar-refractivity contribution in [1.82, 2.24) is 0 Å². The van der Waals surface area contributed by atoms with E-state index in [4.69, 9.17) is 24.3 Å². The molecule has 0 aromatic carbocycles. The Morgan fingerprint density at radius 2 is 1.15 bits per heavy atom. The van der Waals surface area contributed by atoms with E-state index in [0.29, 0.717) is 32.1 Å². The minimum absolute atomic E-state index is 0.0190. The lowest BCUT2D eigenvalue weighted by atomic mass is 10.1. The van der Waals surface area contributed by atoms with Crippen molar-refractivity contribution in [3.8, 4) is 0 Å². The third-order valence-corrected chi connectivity index (χ3v) is 9.93. The van der Waals surface area contributed by atoms with E-state index in [0.717, 1.165) is 32.1 Å². The summed E-state index contributed by atoms with van der Waals surface area (Å²) in [7, 11) is -4.43. The normalized spacial score (nSPS) is 15.2. The van der Waals surface area contributed by atoms with Crippen LogP contribution in [0.15, 0.2) is 85.1 Å². The smallest absolute Gasteiger partial charge is 0.462 e. The predicted molar refractivity (Wildman–Crippen MR) is 241 cm³/mol. The molecular weight excluding hydrogens is 769 g/mol. The fourth-order valence-corrected chi connectivity index (χ4v) is 6.36. The van der Waals surface area contributed by atoms with E-state index in [1.807, 2.05) is 43.4 Å². The molecule has 4 atom stereocenters. The third-order valence-electron chi connectivity index (χ3n) is 8.94. The number of carbonyl (C=O) groups excluding carboxylic acids is 2. The van der Waals surface area contributed by atoms with Gasteiger partial charge in [-0.25, -0.2) is 4.57 Å². The van der Waals surface area contributed by atoms with Gasteiger partial charge in [0.2, 0.25) is 0 Å². The molecule has 0 aromatic rings. The molecule has 0 aliphatic carbocycles. The average Bonchev–Trinajstić information content (AvgIpc) is 3.21. The van der Waals surface area contributed by atoms with Crippen LogP contribution in [-0.4, -0.2) is 71.7 Å². The number of unbranched alkanes of at least 4 members (excludes halogenated alkanes) is 13. The van der Waals surface area contributed by atoms with Crippen molar-refractivity contribution < 1.29 is 47.8 Å². The molecule has 0 amide bonds. The zero-order valence-electron chi connectivity index (χ0n) is 36.4. The second-order valence-electron chi connectivity index (χ2n) is 14.6. The van der Waals surface area contributed by atoms with E-state index in [1.165, 1.54) is 64.2 Å². The Bertz CT molecular complexity index is 1280. The Labute approximate surface area is 357 Å². The monoisotopic (exact) mass is 850 g/mol. The largest absolute Gasteiger partial charge is 0.472 e. The lowest BCUT2D eigenvalue weighted by molar-refractivity contribution is -0.161. The summed E-state index contributed by atoms with van der Waals surface area (Å²) in [6.45, 7) is 3.31. The fourth-order valence-electron chi connectivity index (χ4n) is 5.59. The maximum atomic E-state index is 12.6. The first-order valence-electron chi connectivity index (χ1n) is 22.3. The molecule has 59 heavy (non-hydrogen) atoms. The van der Waals surface area contributed by atoms with Crippen LogP contribution in [0.25, 0.3) is 0 Å². The van der Waals surface area contributed by atoms with Crippen molar-refractivity contribution in [1.29, 1.82) is 0 Å². The molecule has 338 valence electrons. The van der Waals surface area contributed by atoms with Crippen LogP contribution in [0.3, 0.4) is 0 Å². The molecule has 0 saturated carbocycles.